The molecule has 1 aromatic heterocycles. The second kappa shape index (κ2) is 4.93. The Hall–Kier alpha value is -1.95. The Morgan fingerprint density at radius 1 is 1.29 bits per heavy atom. The SMILES string of the molecule is NNC(=O)CC(=O)Nc1ccncc1. The number of nitrogens with zero attached hydrogens (tertiary/aromatic N) is 1. The van der Waals surface area contributed by atoms with Crippen LogP contribution in [0.1, 0.15) is 6.42 Å². The summed E-state index contributed by atoms with van der Waals surface area (Å²) in [6.07, 6.45) is 2.79. The molecule has 0 aliphatic rings. The van der Waals surface area contributed by atoms with Gasteiger partial charge in [0.2, 0.25) is 11.8 Å². The van der Waals surface area contributed by atoms with Crippen LogP contribution in [0.5, 0.6) is 0 Å². The summed E-state index contributed by atoms with van der Waals surface area (Å²) in [5, 5.41) is 2.51. The zero-order valence-corrected chi connectivity index (χ0v) is 7.36. The molecule has 0 saturated heterocycles. The van der Waals surface area contributed by atoms with Crippen LogP contribution in [0.15, 0.2) is 24.5 Å². The van der Waals surface area contributed by atoms with Crippen molar-refractivity contribution in [3.05, 3.63) is 24.5 Å². The largest absolute Gasteiger partial charge is 0.326 e. The standard InChI is InChI=1S/C8H10N4O2/c9-12-8(14)5-7(13)11-6-1-3-10-4-2-6/h1-4H,5,9H2,(H,12,14)(H,10,11,13). The number of anilines is 1. The van der Waals surface area contributed by atoms with Gasteiger partial charge < -0.3 is 5.32 Å². The van der Waals surface area contributed by atoms with Crippen molar-refractivity contribution in [1.82, 2.24) is 10.4 Å². The average molecular weight is 194 g/mol. The number of hydrogen-bond donors (Lipinski definition) is 3. The molecule has 0 radical (unpaired) electrons. The van der Waals surface area contributed by atoms with Gasteiger partial charge in [-0.3, -0.25) is 20.0 Å². The van der Waals surface area contributed by atoms with Crippen molar-refractivity contribution in [3.63, 3.8) is 0 Å². The van der Waals surface area contributed by atoms with Crippen molar-refractivity contribution < 1.29 is 9.59 Å². The van der Waals surface area contributed by atoms with E-state index in [2.05, 4.69) is 10.3 Å². The summed E-state index contributed by atoms with van der Waals surface area (Å²) in [5.41, 5.74) is 2.46. The molecular weight excluding hydrogens is 184 g/mol. The molecule has 0 spiro atoms. The van der Waals surface area contributed by atoms with Crippen LogP contribution >= 0.6 is 0 Å². The molecule has 2 amide bonds. The van der Waals surface area contributed by atoms with Gasteiger partial charge in [-0.25, -0.2) is 5.84 Å². The molecule has 0 aliphatic heterocycles. The number of nitrogens with two attached hydrogens (primary N) is 1. The first-order valence-electron chi connectivity index (χ1n) is 3.91. The summed E-state index contributed by atoms with van der Waals surface area (Å²) < 4.78 is 0. The number of nitrogens with one attached hydrogen (secondary N) is 2. The molecule has 74 valence electrons. The lowest BCUT2D eigenvalue weighted by Gasteiger charge is -2.03. The van der Waals surface area contributed by atoms with Gasteiger partial charge in [-0.15, -0.1) is 0 Å². The number of rotatable bonds is 3. The predicted molar refractivity (Wildman–Crippen MR) is 49.8 cm³/mol. The number of carbonyl (C=O) groups excluding carboxylic acids is 2. The number of amides is 2. The van der Waals surface area contributed by atoms with Crippen LogP contribution in [0.25, 0.3) is 0 Å². The van der Waals surface area contributed by atoms with Gasteiger partial charge in [0.25, 0.3) is 0 Å². The third-order valence-corrected chi connectivity index (χ3v) is 1.45. The topological polar surface area (TPSA) is 97.1 Å². The van der Waals surface area contributed by atoms with E-state index in [-0.39, 0.29) is 6.42 Å². The number of hydrazine groups is 1. The van der Waals surface area contributed by atoms with Crippen LogP contribution in [-0.2, 0) is 9.59 Å². The Balaban J connectivity index is 2.46. The maximum Gasteiger partial charge on any atom is 0.243 e. The fourth-order valence-electron chi connectivity index (χ4n) is 0.837. The molecule has 0 atom stereocenters. The van der Waals surface area contributed by atoms with Crippen LogP contribution in [0.2, 0.25) is 0 Å². The van der Waals surface area contributed by atoms with E-state index in [0.29, 0.717) is 5.69 Å². The third-order valence-electron chi connectivity index (χ3n) is 1.45. The van der Waals surface area contributed by atoms with E-state index >= 15 is 0 Å². The van der Waals surface area contributed by atoms with E-state index in [0.717, 1.165) is 0 Å². The summed E-state index contributed by atoms with van der Waals surface area (Å²) in [6, 6.07) is 3.25. The van der Waals surface area contributed by atoms with E-state index in [1.54, 1.807) is 24.5 Å². The molecule has 0 unspecified atom stereocenters. The van der Waals surface area contributed by atoms with E-state index in [1.165, 1.54) is 0 Å². The van der Waals surface area contributed by atoms with Gasteiger partial charge >= 0.3 is 0 Å². The normalized spacial score (nSPS) is 9.21. The van der Waals surface area contributed by atoms with Crippen molar-refractivity contribution in [2.45, 2.75) is 6.42 Å². The first kappa shape index (κ1) is 10.1. The lowest BCUT2D eigenvalue weighted by Crippen LogP contribution is -2.33. The van der Waals surface area contributed by atoms with Crippen molar-refractivity contribution in [2.24, 2.45) is 5.84 Å². The molecule has 4 N–H and O–H groups in total. The van der Waals surface area contributed by atoms with Crippen LogP contribution in [0.4, 0.5) is 5.69 Å². The zero-order chi connectivity index (χ0) is 10.4. The van der Waals surface area contributed by atoms with Gasteiger partial charge in [0.1, 0.15) is 6.42 Å². The molecule has 14 heavy (non-hydrogen) atoms. The van der Waals surface area contributed by atoms with Gasteiger partial charge in [0.05, 0.1) is 0 Å². The van der Waals surface area contributed by atoms with E-state index < -0.39 is 11.8 Å². The van der Waals surface area contributed by atoms with Crippen LogP contribution < -0.4 is 16.6 Å². The van der Waals surface area contributed by atoms with E-state index in [1.807, 2.05) is 5.43 Å². The summed E-state index contributed by atoms with van der Waals surface area (Å²) in [5.74, 6) is 3.88. The molecule has 1 heterocycles. The minimum absolute atomic E-state index is 0.293. The Kier molecular flexibility index (Phi) is 3.57. The second-order valence-electron chi connectivity index (χ2n) is 2.53. The molecule has 0 bridgehead atoms. The van der Waals surface area contributed by atoms with E-state index in [9.17, 15) is 9.59 Å². The maximum absolute atomic E-state index is 11.1. The summed E-state index contributed by atoms with van der Waals surface area (Å²) in [4.78, 5) is 25.6. The highest BCUT2D eigenvalue weighted by Crippen LogP contribution is 2.03. The quantitative estimate of drug-likeness (QED) is 0.259. The number of aromatic nitrogens is 1. The zero-order valence-electron chi connectivity index (χ0n) is 7.36. The first-order valence-corrected chi connectivity index (χ1v) is 3.91. The van der Waals surface area contributed by atoms with Gasteiger partial charge in [-0.05, 0) is 12.1 Å². The molecule has 6 nitrogen and oxygen atoms in total. The summed E-state index contributed by atoms with van der Waals surface area (Å²) >= 11 is 0. The molecule has 0 fully saturated rings. The lowest BCUT2D eigenvalue weighted by molar-refractivity contribution is -0.126. The molecule has 1 aromatic rings. The smallest absolute Gasteiger partial charge is 0.243 e. The Morgan fingerprint density at radius 2 is 1.93 bits per heavy atom. The lowest BCUT2D eigenvalue weighted by atomic mass is 10.3. The van der Waals surface area contributed by atoms with Gasteiger partial charge in [-0.1, -0.05) is 0 Å². The molecule has 0 aromatic carbocycles. The second-order valence-corrected chi connectivity index (χ2v) is 2.53. The van der Waals surface area contributed by atoms with Gasteiger partial charge in [-0.2, -0.15) is 0 Å². The molecule has 6 heteroatoms. The monoisotopic (exact) mass is 194 g/mol. The third kappa shape index (κ3) is 3.20. The fourth-order valence-corrected chi connectivity index (χ4v) is 0.837. The minimum Gasteiger partial charge on any atom is -0.326 e. The summed E-state index contributed by atoms with van der Waals surface area (Å²) in [6.45, 7) is 0. The summed E-state index contributed by atoms with van der Waals surface area (Å²) in [7, 11) is 0. The Bertz CT molecular complexity index is 325. The van der Waals surface area contributed by atoms with E-state index in [4.69, 9.17) is 5.84 Å². The number of hydrogen-bond acceptors (Lipinski definition) is 4. The fraction of sp³-hybridized carbons (Fsp3) is 0.125. The molecular formula is C8H10N4O2. The van der Waals surface area contributed by atoms with Crippen molar-refractivity contribution in [2.75, 3.05) is 5.32 Å². The predicted octanol–water partition coefficient (Wildman–Crippen LogP) is -0.600. The molecule has 0 saturated carbocycles. The number of pyridine rings is 1. The van der Waals surface area contributed by atoms with Gasteiger partial charge in [0, 0.05) is 18.1 Å². The molecule has 0 aliphatic carbocycles. The highest BCUT2D eigenvalue weighted by atomic mass is 16.2. The Labute approximate surface area is 80.5 Å². The number of carbonyl (C=O) groups is 2. The molecule has 1 rings (SSSR count). The van der Waals surface area contributed by atoms with Crippen molar-refractivity contribution in [1.29, 1.82) is 0 Å². The highest BCUT2D eigenvalue weighted by Gasteiger charge is 2.07. The maximum atomic E-state index is 11.1. The minimum atomic E-state index is -0.531. The van der Waals surface area contributed by atoms with Crippen LogP contribution in [0, 0.1) is 0 Å². The van der Waals surface area contributed by atoms with Crippen molar-refractivity contribution in [3.8, 4) is 0 Å². The van der Waals surface area contributed by atoms with Crippen LogP contribution in [0.3, 0.4) is 0 Å². The van der Waals surface area contributed by atoms with Crippen molar-refractivity contribution >= 4 is 17.5 Å². The van der Waals surface area contributed by atoms with Crippen LogP contribution in [-0.4, -0.2) is 16.8 Å². The average Bonchev–Trinajstić information content (AvgIpc) is 2.19. The first-order chi connectivity index (χ1) is 6.72. The van der Waals surface area contributed by atoms with Gasteiger partial charge in [0.15, 0.2) is 0 Å². The Morgan fingerprint density at radius 3 is 2.50 bits per heavy atom. The highest BCUT2D eigenvalue weighted by molar-refractivity contribution is 6.03.